The van der Waals surface area contributed by atoms with Crippen LogP contribution >= 0.6 is 0 Å². The number of hydrogen-bond acceptors (Lipinski definition) is 19. The standard InChI is InChI=1S/C47H78O19/c1-41(2)26(64-40-35(28(52)21(51)18-60-40)65-39-34(58)32(56)30(54)24(17-49)63-39)9-11-47-19-46(47)13-12-43(5)36(45(7)10-8-27(66-45)42(3,4)59)20(50)15-44(43,6)25(46)14-22(37(41)47)61-38-33(57)31(55)29(53)23(16-48)62-38/h20-40,48-59H,8-19H2,1-7H3/t20-,21+,22-,23+,24+,25?,26?,27?,28+,29+,30+,31+,32+,33+,34+,35+,36?,37?,38+,39-,40-,43-,44-,45+,46?,47?/m0/s1. The normalized spacial score (nSPS) is 58.0. The molecule has 380 valence electrons. The van der Waals surface area contributed by atoms with Crippen LogP contribution in [0.5, 0.6) is 0 Å². The SMILES string of the molecule is CC(C)(O)C1CC[C@](C)(C2[C@@H](O)C[C@@]3(C)C4C[C@H](O[C@@H]5O[C@H](CO)[C@@H](O)[C@@H](O)[C@H]5O)C5C(C)(C)C(O[C@@H]6OC[C@@H](O)[C@@H](O)[C@H]6O[C@@H]6O[C@H](CO)[C@@H](O)[C@@H](O)[C@H]6O)CCC56CC46CC[C@@]23C)O1. The van der Waals surface area contributed by atoms with Crippen molar-refractivity contribution >= 4 is 0 Å². The molecule has 0 bridgehead atoms. The molecular formula is C47H78O19. The van der Waals surface area contributed by atoms with E-state index in [1.165, 1.54) is 0 Å². The first-order chi connectivity index (χ1) is 30.7. The highest BCUT2D eigenvalue weighted by atomic mass is 16.8. The van der Waals surface area contributed by atoms with Crippen molar-refractivity contribution in [3.05, 3.63) is 0 Å². The average molecular weight is 947 g/mol. The Kier molecular flexibility index (Phi) is 12.9. The Morgan fingerprint density at radius 2 is 1.21 bits per heavy atom. The molecule has 0 aromatic carbocycles. The minimum Gasteiger partial charge on any atom is -0.394 e. The van der Waals surface area contributed by atoms with Crippen LogP contribution in [-0.4, -0.2) is 203 Å². The van der Waals surface area contributed by atoms with Crippen molar-refractivity contribution in [3.8, 4) is 0 Å². The predicted octanol–water partition coefficient (Wildman–Crippen LogP) is -1.45. The molecule has 19 nitrogen and oxygen atoms in total. The molecule has 9 rings (SSSR count). The third-order valence-corrected chi connectivity index (χ3v) is 19.7. The van der Waals surface area contributed by atoms with Crippen molar-refractivity contribution < 1.29 is 94.4 Å². The van der Waals surface area contributed by atoms with Crippen LogP contribution in [0.1, 0.15) is 106 Å². The smallest absolute Gasteiger partial charge is 0.187 e. The molecule has 0 amide bonds. The molecule has 4 heterocycles. The van der Waals surface area contributed by atoms with Crippen LogP contribution in [0.4, 0.5) is 0 Å². The van der Waals surface area contributed by atoms with E-state index in [1.807, 2.05) is 0 Å². The Morgan fingerprint density at radius 1 is 0.606 bits per heavy atom. The van der Waals surface area contributed by atoms with E-state index >= 15 is 0 Å². The molecule has 0 radical (unpaired) electrons. The molecule has 4 aliphatic heterocycles. The van der Waals surface area contributed by atoms with Gasteiger partial charge in [0.15, 0.2) is 18.9 Å². The van der Waals surface area contributed by atoms with Gasteiger partial charge in [0.2, 0.25) is 0 Å². The summed E-state index contributed by atoms with van der Waals surface area (Å²) in [5, 5.41) is 130. The summed E-state index contributed by atoms with van der Waals surface area (Å²) in [6.45, 7) is 12.7. The largest absolute Gasteiger partial charge is 0.394 e. The summed E-state index contributed by atoms with van der Waals surface area (Å²) in [4.78, 5) is 0. The number of hydrogen-bond donors (Lipinski definition) is 12. The quantitative estimate of drug-likeness (QED) is 0.112. The van der Waals surface area contributed by atoms with E-state index in [1.54, 1.807) is 13.8 Å². The highest BCUT2D eigenvalue weighted by Gasteiger charge is 2.85. The van der Waals surface area contributed by atoms with Gasteiger partial charge in [-0.15, -0.1) is 0 Å². The molecule has 0 aromatic rings. The first-order valence-electron chi connectivity index (χ1n) is 24.4. The van der Waals surface area contributed by atoms with Gasteiger partial charge in [-0.3, -0.25) is 0 Å². The van der Waals surface area contributed by atoms with Gasteiger partial charge in [-0.1, -0.05) is 27.7 Å². The summed E-state index contributed by atoms with van der Waals surface area (Å²) in [6.07, 6.45) is -17.6. The van der Waals surface area contributed by atoms with Crippen LogP contribution in [0.2, 0.25) is 0 Å². The van der Waals surface area contributed by atoms with Gasteiger partial charge in [-0.2, -0.15) is 0 Å². The molecule has 19 heteroatoms. The summed E-state index contributed by atoms with van der Waals surface area (Å²) < 4.78 is 44.3. The fourth-order valence-electron chi connectivity index (χ4n) is 16.3. The zero-order chi connectivity index (χ0) is 48.1. The van der Waals surface area contributed by atoms with Gasteiger partial charge in [0.25, 0.3) is 0 Å². The van der Waals surface area contributed by atoms with Crippen molar-refractivity contribution in [3.63, 3.8) is 0 Å². The van der Waals surface area contributed by atoms with Crippen LogP contribution < -0.4 is 0 Å². The van der Waals surface area contributed by atoms with Gasteiger partial charge in [-0.25, -0.2) is 0 Å². The lowest BCUT2D eigenvalue weighted by atomic mass is 9.41. The maximum atomic E-state index is 12.3. The molecule has 5 saturated carbocycles. The fourth-order valence-corrected chi connectivity index (χ4v) is 16.3. The summed E-state index contributed by atoms with van der Waals surface area (Å²) >= 11 is 0. The second-order valence-electron chi connectivity index (χ2n) is 23.9. The van der Waals surface area contributed by atoms with Crippen LogP contribution in [-0.2, 0) is 33.2 Å². The van der Waals surface area contributed by atoms with Crippen LogP contribution in [0.25, 0.3) is 0 Å². The minimum atomic E-state index is -1.80. The first-order valence-corrected chi connectivity index (χ1v) is 24.4. The zero-order valence-electron chi connectivity index (χ0n) is 39.3. The monoisotopic (exact) mass is 947 g/mol. The van der Waals surface area contributed by atoms with Crippen molar-refractivity contribution in [2.45, 2.75) is 228 Å². The summed E-state index contributed by atoms with van der Waals surface area (Å²) in [7, 11) is 0. The summed E-state index contributed by atoms with van der Waals surface area (Å²) in [5.74, 6) is -0.484. The van der Waals surface area contributed by atoms with Gasteiger partial charge in [0.05, 0.1) is 55.4 Å². The van der Waals surface area contributed by atoms with E-state index in [2.05, 4.69) is 34.6 Å². The number of rotatable bonds is 10. The van der Waals surface area contributed by atoms with Gasteiger partial charge < -0.3 is 94.4 Å². The maximum Gasteiger partial charge on any atom is 0.187 e. The lowest BCUT2D eigenvalue weighted by molar-refractivity contribution is -0.369. The van der Waals surface area contributed by atoms with Crippen LogP contribution in [0.3, 0.4) is 0 Å². The number of ether oxygens (including phenoxy) is 7. The molecule has 9 aliphatic rings. The third-order valence-electron chi connectivity index (χ3n) is 19.7. The topological polar surface area (TPSA) is 307 Å². The second kappa shape index (κ2) is 16.9. The molecular weight excluding hydrogens is 868 g/mol. The lowest BCUT2D eigenvalue weighted by Gasteiger charge is -2.65. The average Bonchev–Trinajstić information content (AvgIpc) is 3.62. The Morgan fingerprint density at radius 3 is 1.79 bits per heavy atom. The summed E-state index contributed by atoms with van der Waals surface area (Å²) in [6, 6.07) is 0. The number of aliphatic hydroxyl groups excluding tert-OH is 11. The highest BCUT2D eigenvalue weighted by molar-refractivity contribution is 5.33. The van der Waals surface area contributed by atoms with E-state index in [9.17, 15) is 61.3 Å². The van der Waals surface area contributed by atoms with E-state index in [-0.39, 0.29) is 46.7 Å². The van der Waals surface area contributed by atoms with Gasteiger partial charge in [0.1, 0.15) is 67.1 Å². The first kappa shape index (κ1) is 50.2. The van der Waals surface area contributed by atoms with E-state index in [4.69, 9.17) is 33.2 Å². The molecule has 0 aromatic heterocycles. The molecule has 2 spiro atoms. The van der Waals surface area contributed by atoms with Crippen LogP contribution in [0.15, 0.2) is 0 Å². The predicted molar refractivity (Wildman–Crippen MR) is 226 cm³/mol. The molecule has 9 fully saturated rings. The van der Waals surface area contributed by atoms with Crippen LogP contribution in [0, 0.1) is 44.8 Å². The molecule has 66 heavy (non-hydrogen) atoms. The Bertz CT molecular complexity index is 1760. The molecule has 12 N–H and O–H groups in total. The molecule has 7 unspecified atom stereocenters. The Balaban J connectivity index is 1.04. The fraction of sp³-hybridized carbons (Fsp3) is 1.00. The van der Waals surface area contributed by atoms with E-state index in [0.717, 1.165) is 19.3 Å². The number of fused-ring (bicyclic) bond motifs is 2. The lowest BCUT2D eigenvalue weighted by Crippen LogP contribution is -2.66. The van der Waals surface area contributed by atoms with Gasteiger partial charge >= 0.3 is 0 Å². The van der Waals surface area contributed by atoms with Crippen molar-refractivity contribution in [1.29, 1.82) is 0 Å². The van der Waals surface area contributed by atoms with E-state index in [0.29, 0.717) is 38.5 Å². The van der Waals surface area contributed by atoms with Crippen molar-refractivity contribution in [2.24, 2.45) is 44.8 Å². The van der Waals surface area contributed by atoms with E-state index < -0.39 is 140 Å². The molecule has 26 atom stereocenters. The maximum absolute atomic E-state index is 12.3. The minimum absolute atomic E-state index is 0.0208. The van der Waals surface area contributed by atoms with Gasteiger partial charge in [0, 0.05) is 5.92 Å². The second-order valence-corrected chi connectivity index (χ2v) is 23.9. The summed E-state index contributed by atoms with van der Waals surface area (Å²) in [5.41, 5.74) is -3.78. The van der Waals surface area contributed by atoms with Crippen molar-refractivity contribution in [1.82, 2.24) is 0 Å². The Labute approximate surface area is 386 Å². The molecule has 5 aliphatic carbocycles. The number of aliphatic hydroxyl groups is 12. The third kappa shape index (κ3) is 7.30. The van der Waals surface area contributed by atoms with Gasteiger partial charge in [-0.05, 0) is 117 Å². The highest BCUT2D eigenvalue weighted by Crippen LogP contribution is 2.89. The zero-order valence-corrected chi connectivity index (χ0v) is 39.3. The molecule has 4 saturated heterocycles. The Hall–Kier alpha value is -0.760. The van der Waals surface area contributed by atoms with Crippen molar-refractivity contribution in [2.75, 3.05) is 19.8 Å².